The minimum absolute atomic E-state index is 0.0779. The number of carbonyl (C=O) groups excluding carboxylic acids is 1. The van der Waals surface area contributed by atoms with Crippen molar-refractivity contribution < 1.29 is 9.53 Å². The maximum Gasteiger partial charge on any atom is 0.314 e. The van der Waals surface area contributed by atoms with Gasteiger partial charge in [0.15, 0.2) is 0 Å². The quantitative estimate of drug-likeness (QED) is 0.574. The molecule has 3 rings (SSSR count). The number of rotatable bonds is 4. The summed E-state index contributed by atoms with van der Waals surface area (Å²) in [7, 11) is 0. The van der Waals surface area contributed by atoms with Crippen LogP contribution in [0.25, 0.3) is 11.1 Å². The average Bonchev–Trinajstić information content (AvgIpc) is 2.68. The van der Waals surface area contributed by atoms with Crippen LogP contribution in [0.1, 0.15) is 38.2 Å². The van der Waals surface area contributed by atoms with E-state index in [4.69, 9.17) is 10.00 Å². The summed E-state index contributed by atoms with van der Waals surface area (Å²) in [6, 6.07) is 18.5. The summed E-state index contributed by atoms with van der Waals surface area (Å²) >= 11 is 0. The van der Waals surface area contributed by atoms with Gasteiger partial charge in [-0.3, -0.25) is 4.79 Å². The fourth-order valence-electron chi connectivity index (χ4n) is 3.31. The molecule has 0 atom stereocenters. The molecule has 0 heterocycles. The van der Waals surface area contributed by atoms with Gasteiger partial charge in [0.25, 0.3) is 0 Å². The van der Waals surface area contributed by atoms with Gasteiger partial charge < -0.3 is 4.74 Å². The highest BCUT2D eigenvalue weighted by Gasteiger charge is 2.27. The molecule has 25 heavy (non-hydrogen) atoms. The Kier molecular flexibility index (Phi) is 5.50. The van der Waals surface area contributed by atoms with Crippen LogP contribution in [-0.2, 0) is 11.2 Å². The number of hydrogen-bond acceptors (Lipinski definition) is 3. The number of nitriles is 1. The molecule has 2 aromatic carbocycles. The lowest BCUT2D eigenvalue weighted by Gasteiger charge is -2.23. The number of hydrogen-bond donors (Lipinski definition) is 0. The molecule has 128 valence electrons. The van der Waals surface area contributed by atoms with Crippen LogP contribution in [-0.4, -0.2) is 5.97 Å². The molecule has 3 nitrogen and oxygen atoms in total. The zero-order chi connectivity index (χ0) is 17.6. The Bertz CT molecular complexity index is 748. The molecule has 0 unspecified atom stereocenters. The second-order valence-electron chi connectivity index (χ2n) is 6.67. The van der Waals surface area contributed by atoms with Crippen LogP contribution >= 0.6 is 0 Å². The molecule has 0 spiro atoms. The predicted octanol–water partition coefficient (Wildman–Crippen LogP) is 5.15. The van der Waals surface area contributed by atoms with E-state index < -0.39 is 0 Å². The van der Waals surface area contributed by atoms with Crippen LogP contribution in [0.2, 0.25) is 0 Å². The zero-order valence-electron chi connectivity index (χ0n) is 14.6. The second kappa shape index (κ2) is 7.98. The lowest BCUT2D eigenvalue weighted by molar-refractivity contribution is -0.140. The zero-order valence-corrected chi connectivity index (χ0v) is 14.6. The molecule has 0 radical (unpaired) electrons. The van der Waals surface area contributed by atoms with Crippen LogP contribution < -0.4 is 4.74 Å². The molecule has 1 fully saturated rings. The summed E-state index contributed by atoms with van der Waals surface area (Å²) in [4.78, 5) is 12.3. The van der Waals surface area contributed by atoms with Gasteiger partial charge in [-0.05, 0) is 60.9 Å². The largest absolute Gasteiger partial charge is 0.426 e. The van der Waals surface area contributed by atoms with Crippen molar-refractivity contribution in [2.24, 2.45) is 11.8 Å². The van der Waals surface area contributed by atoms with Gasteiger partial charge in [-0.25, -0.2) is 0 Å². The van der Waals surface area contributed by atoms with Crippen LogP contribution in [0.3, 0.4) is 0 Å². The molecular formula is C22H23NO2. The van der Waals surface area contributed by atoms with Crippen molar-refractivity contribution in [3.8, 4) is 22.9 Å². The van der Waals surface area contributed by atoms with Gasteiger partial charge in [0, 0.05) is 5.92 Å². The van der Waals surface area contributed by atoms with E-state index in [1.807, 2.05) is 24.3 Å². The van der Waals surface area contributed by atoms with E-state index in [-0.39, 0.29) is 17.8 Å². The maximum absolute atomic E-state index is 12.3. The second-order valence-corrected chi connectivity index (χ2v) is 6.67. The van der Waals surface area contributed by atoms with Crippen LogP contribution in [0.4, 0.5) is 0 Å². The first-order chi connectivity index (χ1) is 12.2. The van der Waals surface area contributed by atoms with E-state index in [0.717, 1.165) is 43.2 Å². The van der Waals surface area contributed by atoms with Gasteiger partial charge >= 0.3 is 5.97 Å². The van der Waals surface area contributed by atoms with Gasteiger partial charge in [0.1, 0.15) is 5.75 Å². The topological polar surface area (TPSA) is 50.1 Å². The molecule has 1 aliphatic carbocycles. The monoisotopic (exact) mass is 333 g/mol. The number of ether oxygens (including phenoxy) is 1. The van der Waals surface area contributed by atoms with Crippen LogP contribution in [0.5, 0.6) is 5.75 Å². The van der Waals surface area contributed by atoms with Crippen LogP contribution in [0, 0.1) is 23.2 Å². The maximum atomic E-state index is 12.3. The van der Waals surface area contributed by atoms with Crippen molar-refractivity contribution >= 4 is 5.97 Å². The molecule has 0 saturated heterocycles. The van der Waals surface area contributed by atoms with Crippen molar-refractivity contribution in [1.29, 1.82) is 5.26 Å². The lowest BCUT2D eigenvalue weighted by atomic mass is 9.83. The minimum Gasteiger partial charge on any atom is -0.426 e. The summed E-state index contributed by atoms with van der Waals surface area (Å²) in [5, 5.41) is 8.93. The summed E-state index contributed by atoms with van der Waals surface area (Å²) in [5.41, 5.74) is 3.59. The summed E-state index contributed by atoms with van der Waals surface area (Å²) in [5.74, 6) is 0.436. The smallest absolute Gasteiger partial charge is 0.314 e. The Morgan fingerprint density at radius 1 is 1.00 bits per heavy atom. The van der Waals surface area contributed by atoms with Crippen molar-refractivity contribution in [3.05, 3.63) is 54.1 Å². The Morgan fingerprint density at radius 3 is 2.08 bits per heavy atom. The minimum atomic E-state index is -0.170. The number of aryl methyl sites for hydroxylation is 1. The van der Waals surface area contributed by atoms with Crippen molar-refractivity contribution in [3.63, 3.8) is 0 Å². The Labute approximate surface area is 149 Å². The first-order valence-corrected chi connectivity index (χ1v) is 9.00. The third-order valence-electron chi connectivity index (χ3n) is 5.01. The first kappa shape index (κ1) is 17.2. The molecule has 2 aromatic rings. The molecule has 0 aliphatic heterocycles. The molecule has 0 amide bonds. The molecule has 1 aliphatic rings. The van der Waals surface area contributed by atoms with E-state index >= 15 is 0 Å². The van der Waals surface area contributed by atoms with Gasteiger partial charge in [0.2, 0.25) is 0 Å². The summed E-state index contributed by atoms with van der Waals surface area (Å²) in [6.07, 6.45) is 4.12. The number of benzene rings is 2. The molecule has 0 N–H and O–H groups in total. The summed E-state index contributed by atoms with van der Waals surface area (Å²) < 4.78 is 5.53. The Hall–Kier alpha value is -2.60. The SMILES string of the molecule is CCc1ccc(-c2ccc(OC(=O)C3CCC(C#N)CC3)cc2)cc1. The van der Waals surface area contributed by atoms with Gasteiger partial charge in [-0.15, -0.1) is 0 Å². The van der Waals surface area contributed by atoms with E-state index in [0.29, 0.717) is 5.75 Å². The third-order valence-corrected chi connectivity index (χ3v) is 5.01. The summed E-state index contributed by atoms with van der Waals surface area (Å²) in [6.45, 7) is 2.14. The van der Waals surface area contributed by atoms with Gasteiger partial charge in [-0.1, -0.05) is 43.3 Å². The number of nitrogens with zero attached hydrogens (tertiary/aromatic N) is 1. The van der Waals surface area contributed by atoms with Gasteiger partial charge in [0.05, 0.1) is 12.0 Å². The molecule has 0 aromatic heterocycles. The number of carbonyl (C=O) groups is 1. The molecule has 3 heteroatoms. The third kappa shape index (κ3) is 4.28. The standard InChI is InChI=1S/C22H23NO2/c1-2-16-3-7-18(8-4-16)19-11-13-21(14-12-19)25-22(24)20-9-5-17(15-23)6-10-20/h3-4,7-8,11-14,17,20H,2,5-6,9-10H2,1H3. The average molecular weight is 333 g/mol. The normalized spacial score (nSPS) is 19.8. The van der Waals surface area contributed by atoms with Gasteiger partial charge in [-0.2, -0.15) is 5.26 Å². The predicted molar refractivity (Wildman–Crippen MR) is 98.0 cm³/mol. The molecule has 1 saturated carbocycles. The molecule has 0 bridgehead atoms. The highest BCUT2D eigenvalue weighted by Crippen LogP contribution is 2.30. The van der Waals surface area contributed by atoms with E-state index in [1.165, 1.54) is 5.56 Å². The first-order valence-electron chi connectivity index (χ1n) is 9.00. The molecular weight excluding hydrogens is 310 g/mol. The number of esters is 1. The highest BCUT2D eigenvalue weighted by molar-refractivity contribution is 5.75. The van der Waals surface area contributed by atoms with E-state index in [9.17, 15) is 4.79 Å². The highest BCUT2D eigenvalue weighted by atomic mass is 16.5. The van der Waals surface area contributed by atoms with Crippen molar-refractivity contribution in [2.75, 3.05) is 0 Å². The lowest BCUT2D eigenvalue weighted by Crippen LogP contribution is -2.25. The Morgan fingerprint density at radius 2 is 1.56 bits per heavy atom. The van der Waals surface area contributed by atoms with E-state index in [2.05, 4.69) is 37.3 Å². The fraction of sp³-hybridized carbons (Fsp3) is 0.364. The van der Waals surface area contributed by atoms with E-state index in [1.54, 1.807) is 0 Å². The van der Waals surface area contributed by atoms with Crippen molar-refractivity contribution in [2.45, 2.75) is 39.0 Å². The van der Waals surface area contributed by atoms with Crippen LogP contribution in [0.15, 0.2) is 48.5 Å². The Balaban J connectivity index is 1.60. The van der Waals surface area contributed by atoms with Crippen molar-refractivity contribution in [1.82, 2.24) is 0 Å². The fourth-order valence-corrected chi connectivity index (χ4v) is 3.31.